The summed E-state index contributed by atoms with van der Waals surface area (Å²) in [6.45, 7) is 5.50. The van der Waals surface area contributed by atoms with Crippen LogP contribution in [0.3, 0.4) is 0 Å². The lowest BCUT2D eigenvalue weighted by Gasteiger charge is -2.25. The summed E-state index contributed by atoms with van der Waals surface area (Å²) in [7, 11) is 1.27. The molecule has 0 spiro atoms. The van der Waals surface area contributed by atoms with E-state index < -0.39 is 18.0 Å². The van der Waals surface area contributed by atoms with E-state index in [-0.39, 0.29) is 31.1 Å². The van der Waals surface area contributed by atoms with Crippen molar-refractivity contribution in [3.63, 3.8) is 0 Å². The number of aromatic nitrogens is 1. The summed E-state index contributed by atoms with van der Waals surface area (Å²) in [5, 5.41) is 0. The minimum absolute atomic E-state index is 0.125. The van der Waals surface area contributed by atoms with E-state index >= 15 is 0 Å². The van der Waals surface area contributed by atoms with Crippen molar-refractivity contribution in [3.05, 3.63) is 76.9 Å². The van der Waals surface area contributed by atoms with Crippen LogP contribution in [0.2, 0.25) is 0 Å². The molecule has 5 rings (SSSR count). The van der Waals surface area contributed by atoms with Gasteiger partial charge in [0.2, 0.25) is 6.79 Å². The maximum absolute atomic E-state index is 14.0. The van der Waals surface area contributed by atoms with Gasteiger partial charge >= 0.3 is 11.9 Å². The minimum atomic E-state index is -0.864. The molecule has 2 aliphatic heterocycles. The summed E-state index contributed by atoms with van der Waals surface area (Å²) in [6, 6.07) is 7.74. The third kappa shape index (κ3) is 5.66. The second-order valence-electron chi connectivity index (χ2n) is 9.03. The van der Waals surface area contributed by atoms with Crippen LogP contribution in [0.5, 0.6) is 23.0 Å². The molecule has 0 radical (unpaired) electrons. The minimum Gasteiger partial charge on any atom is -0.490 e. The Hall–Kier alpha value is -4.10. The maximum atomic E-state index is 14.0. The van der Waals surface area contributed by atoms with Gasteiger partial charge in [-0.05, 0) is 62.2 Å². The Morgan fingerprint density at radius 3 is 2.60 bits per heavy atom. The number of fused-ring (bicyclic) bond motifs is 2. The number of nitrogens with zero attached hydrogens (tertiary/aromatic N) is 2. The summed E-state index contributed by atoms with van der Waals surface area (Å²) in [5.41, 5.74) is 1.60. The number of rotatable bonds is 9. The maximum Gasteiger partial charge on any atom is 0.343 e. The lowest BCUT2D eigenvalue weighted by molar-refractivity contribution is -0.143. The van der Waals surface area contributed by atoms with E-state index in [4.69, 9.17) is 23.7 Å². The predicted octanol–water partition coefficient (Wildman–Crippen LogP) is 3.24. The molecule has 2 aliphatic rings. The number of carbonyl (C=O) groups is 2. The van der Waals surface area contributed by atoms with Crippen molar-refractivity contribution in [3.8, 4) is 23.0 Å². The number of hydrogen-bond acceptors (Lipinski definition) is 11. The van der Waals surface area contributed by atoms with Crippen LogP contribution >= 0.6 is 27.3 Å². The highest BCUT2D eigenvalue weighted by molar-refractivity contribution is 9.10. The van der Waals surface area contributed by atoms with Gasteiger partial charge in [-0.2, -0.15) is 0 Å². The van der Waals surface area contributed by atoms with Gasteiger partial charge in [-0.25, -0.2) is 14.6 Å². The van der Waals surface area contributed by atoms with E-state index in [2.05, 4.69) is 25.7 Å². The number of benzene rings is 2. The summed E-state index contributed by atoms with van der Waals surface area (Å²) in [4.78, 5) is 43.9. The smallest absolute Gasteiger partial charge is 0.343 e. The fourth-order valence-corrected chi connectivity index (χ4v) is 6.04. The van der Waals surface area contributed by atoms with Crippen LogP contribution in [-0.2, 0) is 19.1 Å². The molecule has 0 fully saturated rings. The molecule has 0 aliphatic carbocycles. The van der Waals surface area contributed by atoms with Gasteiger partial charge in [-0.3, -0.25) is 9.36 Å². The van der Waals surface area contributed by atoms with Crippen LogP contribution in [-0.4, -0.2) is 50.2 Å². The van der Waals surface area contributed by atoms with Crippen molar-refractivity contribution >= 4 is 45.3 Å². The van der Waals surface area contributed by atoms with Gasteiger partial charge in [-0.15, -0.1) is 0 Å². The van der Waals surface area contributed by atoms with Gasteiger partial charge in [0, 0.05) is 4.47 Å². The molecule has 0 amide bonds. The van der Waals surface area contributed by atoms with E-state index in [9.17, 15) is 14.4 Å². The molecule has 0 saturated carbocycles. The molecule has 0 saturated heterocycles. The number of methoxy groups -OCH3 is 1. The molecule has 42 heavy (non-hydrogen) atoms. The zero-order chi connectivity index (χ0) is 30.0. The number of thiazole rings is 1. The first-order valence-corrected chi connectivity index (χ1v) is 14.6. The third-order valence-corrected chi connectivity index (χ3v) is 8.12. The van der Waals surface area contributed by atoms with E-state index in [0.717, 1.165) is 4.47 Å². The molecule has 1 aromatic heterocycles. The van der Waals surface area contributed by atoms with Crippen molar-refractivity contribution in [2.45, 2.75) is 26.8 Å². The molecule has 0 bridgehead atoms. The summed E-state index contributed by atoms with van der Waals surface area (Å²) in [6.07, 6.45) is 1.74. The van der Waals surface area contributed by atoms with Crippen LogP contribution in [0.25, 0.3) is 6.08 Å². The third-order valence-electron chi connectivity index (χ3n) is 6.45. The number of esters is 2. The fraction of sp³-hybridized carbons (Fsp3) is 0.310. The van der Waals surface area contributed by atoms with Crippen molar-refractivity contribution in [2.24, 2.45) is 4.99 Å². The second kappa shape index (κ2) is 12.4. The molecule has 2 aromatic carbocycles. The normalized spacial score (nSPS) is 15.6. The van der Waals surface area contributed by atoms with Crippen LogP contribution < -0.4 is 33.8 Å². The van der Waals surface area contributed by atoms with Crippen LogP contribution in [0.4, 0.5) is 0 Å². The predicted molar refractivity (Wildman–Crippen MR) is 156 cm³/mol. The zero-order valence-corrected chi connectivity index (χ0v) is 25.6. The first-order valence-electron chi connectivity index (χ1n) is 13.0. The highest BCUT2D eigenvalue weighted by Crippen LogP contribution is 2.38. The standard InChI is InChI=1S/C29H27BrN2O9S/c1-5-37-20-9-16(7-8-19(20)39-13-24(33)36-4)26-25(28(35)38-6-2)15(3)31-29-32(26)27(34)23(42-29)11-17-10-21-22(12-18(17)30)41-14-40-21/h7-12,26H,5-6,13-14H2,1-4H3/b23-11+/t26-/m0/s1. The fourth-order valence-electron chi connectivity index (χ4n) is 4.57. The Labute approximate surface area is 252 Å². The summed E-state index contributed by atoms with van der Waals surface area (Å²) < 4.78 is 35.0. The molecule has 3 aromatic rings. The average Bonchev–Trinajstić information content (AvgIpc) is 3.54. The molecule has 3 heterocycles. The lowest BCUT2D eigenvalue weighted by atomic mass is 9.95. The number of halogens is 1. The van der Waals surface area contributed by atoms with E-state index in [1.165, 1.54) is 23.0 Å². The molecule has 13 heteroatoms. The molecular formula is C29H27BrN2O9S. The molecule has 11 nitrogen and oxygen atoms in total. The van der Waals surface area contributed by atoms with Gasteiger partial charge in [0.25, 0.3) is 5.56 Å². The first-order chi connectivity index (χ1) is 20.2. The SMILES string of the molecule is CCOC(=O)C1=C(C)N=c2s/c(=C/c3cc4c(cc3Br)OCO4)c(=O)n2[C@H]1c1ccc(OCC(=O)OC)c(OCC)c1. The number of carbonyl (C=O) groups excluding carboxylic acids is 2. The zero-order valence-electron chi connectivity index (χ0n) is 23.2. The average molecular weight is 660 g/mol. The number of hydrogen-bond donors (Lipinski definition) is 0. The summed E-state index contributed by atoms with van der Waals surface area (Å²) >= 11 is 4.75. The van der Waals surface area contributed by atoms with Crippen molar-refractivity contribution in [1.29, 1.82) is 0 Å². The largest absolute Gasteiger partial charge is 0.490 e. The van der Waals surface area contributed by atoms with Crippen LogP contribution in [0, 0.1) is 0 Å². The quantitative estimate of drug-likeness (QED) is 0.319. The molecular weight excluding hydrogens is 632 g/mol. The van der Waals surface area contributed by atoms with Gasteiger partial charge in [0.05, 0.1) is 42.2 Å². The molecule has 0 N–H and O–H groups in total. The van der Waals surface area contributed by atoms with Gasteiger partial charge in [-0.1, -0.05) is 33.3 Å². The van der Waals surface area contributed by atoms with Crippen molar-refractivity contribution < 1.29 is 38.0 Å². The van der Waals surface area contributed by atoms with Gasteiger partial charge in [0.15, 0.2) is 34.4 Å². The summed E-state index contributed by atoms with van der Waals surface area (Å²) in [5.74, 6) is 0.701. The van der Waals surface area contributed by atoms with E-state index in [1.54, 1.807) is 50.3 Å². The van der Waals surface area contributed by atoms with Crippen LogP contribution in [0.15, 0.2) is 55.9 Å². The Kier molecular flexibility index (Phi) is 8.69. The first kappa shape index (κ1) is 29.4. The Balaban J connectivity index is 1.66. The lowest BCUT2D eigenvalue weighted by Crippen LogP contribution is -2.40. The highest BCUT2D eigenvalue weighted by atomic mass is 79.9. The van der Waals surface area contributed by atoms with E-state index in [0.29, 0.717) is 55.8 Å². The van der Waals surface area contributed by atoms with Crippen molar-refractivity contribution in [1.82, 2.24) is 4.57 Å². The molecule has 1 atom stereocenters. The van der Waals surface area contributed by atoms with Gasteiger partial charge in [0.1, 0.15) is 0 Å². The Morgan fingerprint density at radius 1 is 1.12 bits per heavy atom. The molecule has 0 unspecified atom stereocenters. The highest BCUT2D eigenvalue weighted by Gasteiger charge is 2.34. The second-order valence-corrected chi connectivity index (χ2v) is 10.9. The Bertz CT molecular complexity index is 1780. The van der Waals surface area contributed by atoms with E-state index in [1.807, 2.05) is 6.92 Å². The number of allylic oxidation sites excluding steroid dienone is 1. The van der Waals surface area contributed by atoms with Gasteiger partial charge < -0.3 is 28.4 Å². The van der Waals surface area contributed by atoms with Crippen LogP contribution in [0.1, 0.15) is 37.9 Å². The Morgan fingerprint density at radius 2 is 1.88 bits per heavy atom. The number of ether oxygens (including phenoxy) is 6. The van der Waals surface area contributed by atoms with Crippen molar-refractivity contribution in [2.75, 3.05) is 33.7 Å². The monoisotopic (exact) mass is 658 g/mol. The molecule has 220 valence electrons. The topological polar surface area (TPSA) is 124 Å².